The van der Waals surface area contributed by atoms with Crippen molar-refractivity contribution in [2.75, 3.05) is 17.6 Å². The second-order valence-electron chi connectivity index (χ2n) is 3.84. The van der Waals surface area contributed by atoms with Crippen molar-refractivity contribution in [3.05, 3.63) is 41.6 Å². The highest BCUT2D eigenvalue weighted by atomic mass is 35.5. The molecule has 106 valence electrons. The molecule has 0 atom stereocenters. The smallest absolute Gasteiger partial charge is 0.265 e. The predicted molar refractivity (Wildman–Crippen MR) is 77.5 cm³/mol. The maximum absolute atomic E-state index is 12.3. The van der Waals surface area contributed by atoms with Gasteiger partial charge in [-0.25, -0.2) is 13.4 Å². The van der Waals surface area contributed by atoms with Crippen LogP contribution in [0.3, 0.4) is 0 Å². The molecule has 0 aliphatic heterocycles. The van der Waals surface area contributed by atoms with Crippen LogP contribution in [0.5, 0.6) is 5.75 Å². The van der Waals surface area contributed by atoms with Gasteiger partial charge in [-0.1, -0.05) is 11.6 Å². The Morgan fingerprint density at radius 3 is 2.75 bits per heavy atom. The number of benzene rings is 1. The summed E-state index contributed by atoms with van der Waals surface area (Å²) in [7, 11) is -2.44. The van der Waals surface area contributed by atoms with Crippen LogP contribution < -0.4 is 15.2 Å². The maximum Gasteiger partial charge on any atom is 0.265 e. The van der Waals surface area contributed by atoms with Gasteiger partial charge in [0, 0.05) is 11.2 Å². The Bertz CT molecular complexity index is 734. The number of anilines is 2. The number of methoxy groups -OCH3 is 1. The Kier molecular flexibility index (Phi) is 4.01. The van der Waals surface area contributed by atoms with Crippen LogP contribution in [0.1, 0.15) is 0 Å². The molecule has 0 aliphatic rings. The summed E-state index contributed by atoms with van der Waals surface area (Å²) in [4.78, 5) is 3.64. The highest BCUT2D eigenvalue weighted by molar-refractivity contribution is 7.92. The van der Waals surface area contributed by atoms with Crippen molar-refractivity contribution < 1.29 is 13.2 Å². The van der Waals surface area contributed by atoms with Gasteiger partial charge < -0.3 is 10.5 Å². The second kappa shape index (κ2) is 5.56. The van der Waals surface area contributed by atoms with E-state index < -0.39 is 10.0 Å². The lowest BCUT2D eigenvalue weighted by Gasteiger charge is -2.12. The molecule has 0 bridgehead atoms. The van der Waals surface area contributed by atoms with Gasteiger partial charge in [0.05, 0.1) is 12.8 Å². The van der Waals surface area contributed by atoms with Crippen LogP contribution in [-0.2, 0) is 10.0 Å². The van der Waals surface area contributed by atoms with E-state index in [2.05, 4.69) is 9.71 Å². The number of nitrogens with zero attached hydrogens (tertiary/aromatic N) is 1. The van der Waals surface area contributed by atoms with Crippen LogP contribution in [0.25, 0.3) is 0 Å². The minimum Gasteiger partial charge on any atom is -0.495 e. The summed E-state index contributed by atoms with van der Waals surface area (Å²) in [5.74, 6) is 0.265. The summed E-state index contributed by atoms with van der Waals surface area (Å²) in [5, 5.41) is 0.377. The number of nitrogens with two attached hydrogens (primary N) is 1. The summed E-state index contributed by atoms with van der Waals surface area (Å²) in [6, 6.07) is 7.45. The largest absolute Gasteiger partial charge is 0.495 e. The molecule has 20 heavy (non-hydrogen) atoms. The first-order valence-corrected chi connectivity index (χ1v) is 7.37. The van der Waals surface area contributed by atoms with Crippen LogP contribution in [0, 0.1) is 0 Å². The molecule has 0 fully saturated rings. The molecular formula is C12H12ClN3O3S. The maximum atomic E-state index is 12.3. The molecule has 0 radical (unpaired) electrons. The van der Waals surface area contributed by atoms with Crippen molar-refractivity contribution in [1.29, 1.82) is 0 Å². The number of rotatable bonds is 4. The Hall–Kier alpha value is -1.99. The lowest BCUT2D eigenvalue weighted by Crippen LogP contribution is -2.16. The van der Waals surface area contributed by atoms with Crippen LogP contribution >= 0.6 is 11.6 Å². The average molecular weight is 314 g/mol. The van der Waals surface area contributed by atoms with Gasteiger partial charge in [-0.05, 0) is 30.3 Å². The molecule has 0 aliphatic carbocycles. The van der Waals surface area contributed by atoms with Gasteiger partial charge in [0.15, 0.2) is 0 Å². The average Bonchev–Trinajstić information content (AvgIpc) is 2.39. The van der Waals surface area contributed by atoms with Crippen molar-refractivity contribution in [2.45, 2.75) is 4.90 Å². The zero-order chi connectivity index (χ0) is 14.8. The third-order valence-corrected chi connectivity index (χ3v) is 4.14. The molecule has 2 rings (SSSR count). The number of aromatic nitrogens is 1. The predicted octanol–water partition coefficient (Wildman–Crippen LogP) is 2.13. The molecule has 0 spiro atoms. The summed E-state index contributed by atoms with van der Waals surface area (Å²) in [6.07, 6.45) is 1.41. The van der Waals surface area contributed by atoms with Gasteiger partial charge >= 0.3 is 0 Å². The number of sulfonamides is 1. The molecule has 3 N–H and O–H groups in total. The van der Waals surface area contributed by atoms with Gasteiger partial charge in [0.2, 0.25) is 0 Å². The number of hydrogen-bond acceptors (Lipinski definition) is 5. The Labute approximate surface area is 121 Å². The number of nitrogens with one attached hydrogen (secondary N) is 1. The molecular weight excluding hydrogens is 302 g/mol. The molecule has 8 heteroatoms. The van der Waals surface area contributed by atoms with E-state index in [4.69, 9.17) is 22.1 Å². The first kappa shape index (κ1) is 14.4. The highest BCUT2D eigenvalue weighted by Crippen LogP contribution is 2.30. The van der Waals surface area contributed by atoms with E-state index in [1.54, 1.807) is 12.1 Å². The first-order valence-electron chi connectivity index (χ1n) is 5.51. The summed E-state index contributed by atoms with van der Waals surface area (Å²) >= 11 is 5.85. The number of halogens is 1. The van der Waals surface area contributed by atoms with Crippen molar-refractivity contribution in [3.8, 4) is 5.75 Å². The number of hydrogen-bond donors (Lipinski definition) is 2. The second-order valence-corrected chi connectivity index (χ2v) is 5.92. The molecule has 1 aromatic heterocycles. The SMILES string of the molecule is COc1ccc(Cl)cc1NS(=O)(=O)c1cccnc1N. The number of ether oxygens (including phenoxy) is 1. The standard InChI is InChI=1S/C12H12ClN3O3S/c1-19-10-5-4-8(13)7-9(10)16-20(17,18)11-3-2-6-15-12(11)14/h2-7,16H,1H3,(H2,14,15). The Morgan fingerprint density at radius 2 is 2.10 bits per heavy atom. The number of pyridine rings is 1. The Morgan fingerprint density at radius 1 is 1.35 bits per heavy atom. The van der Waals surface area contributed by atoms with E-state index in [-0.39, 0.29) is 16.4 Å². The lowest BCUT2D eigenvalue weighted by atomic mass is 10.3. The van der Waals surface area contributed by atoms with Gasteiger partial charge in [-0.3, -0.25) is 4.72 Å². The van der Waals surface area contributed by atoms with Crippen molar-refractivity contribution >= 4 is 33.1 Å². The Balaban J connectivity index is 2.44. The van der Waals surface area contributed by atoms with Gasteiger partial charge in [0.1, 0.15) is 16.5 Å². The number of nitrogen functional groups attached to an aromatic ring is 1. The molecule has 6 nitrogen and oxygen atoms in total. The van der Waals surface area contributed by atoms with Crippen molar-refractivity contribution in [3.63, 3.8) is 0 Å². The summed E-state index contributed by atoms with van der Waals surface area (Å²) in [6.45, 7) is 0. The lowest BCUT2D eigenvalue weighted by molar-refractivity contribution is 0.417. The fourth-order valence-corrected chi connectivity index (χ4v) is 2.91. The molecule has 0 unspecified atom stereocenters. The van der Waals surface area contributed by atoms with Crippen LogP contribution in [-0.4, -0.2) is 20.5 Å². The van der Waals surface area contributed by atoms with Gasteiger partial charge in [0.25, 0.3) is 10.0 Å². The van der Waals surface area contributed by atoms with Crippen LogP contribution in [0.4, 0.5) is 11.5 Å². The molecule has 0 saturated carbocycles. The molecule has 0 saturated heterocycles. The van der Waals surface area contributed by atoms with Crippen LogP contribution in [0.2, 0.25) is 5.02 Å². The zero-order valence-electron chi connectivity index (χ0n) is 10.5. The van der Waals surface area contributed by atoms with Crippen molar-refractivity contribution in [1.82, 2.24) is 4.98 Å². The normalized spacial score (nSPS) is 11.1. The van der Waals surface area contributed by atoms with Gasteiger partial charge in [-0.15, -0.1) is 0 Å². The quantitative estimate of drug-likeness (QED) is 0.901. The third kappa shape index (κ3) is 2.94. The van der Waals surface area contributed by atoms with E-state index in [0.717, 1.165) is 0 Å². The monoisotopic (exact) mass is 313 g/mol. The molecule has 1 heterocycles. The molecule has 0 amide bonds. The highest BCUT2D eigenvalue weighted by Gasteiger charge is 2.19. The molecule has 2 aromatic rings. The van der Waals surface area contributed by atoms with E-state index >= 15 is 0 Å². The molecule has 1 aromatic carbocycles. The topological polar surface area (TPSA) is 94.3 Å². The van der Waals surface area contributed by atoms with E-state index in [1.165, 1.54) is 31.5 Å². The van der Waals surface area contributed by atoms with E-state index in [9.17, 15) is 8.42 Å². The fraction of sp³-hybridized carbons (Fsp3) is 0.0833. The zero-order valence-corrected chi connectivity index (χ0v) is 12.1. The van der Waals surface area contributed by atoms with E-state index in [1.807, 2.05) is 0 Å². The van der Waals surface area contributed by atoms with Crippen LogP contribution in [0.15, 0.2) is 41.4 Å². The van der Waals surface area contributed by atoms with Gasteiger partial charge in [-0.2, -0.15) is 0 Å². The minimum atomic E-state index is -3.87. The van der Waals surface area contributed by atoms with Crippen molar-refractivity contribution in [2.24, 2.45) is 0 Å². The van der Waals surface area contributed by atoms with E-state index in [0.29, 0.717) is 10.8 Å². The fourth-order valence-electron chi connectivity index (χ4n) is 1.59. The third-order valence-electron chi connectivity index (χ3n) is 2.50. The first-order chi connectivity index (χ1) is 9.44. The summed E-state index contributed by atoms with van der Waals surface area (Å²) < 4.78 is 32.0. The summed E-state index contributed by atoms with van der Waals surface area (Å²) in [5.41, 5.74) is 5.80. The minimum absolute atomic E-state index is 0.0824.